The topological polar surface area (TPSA) is 59.0 Å². The summed E-state index contributed by atoms with van der Waals surface area (Å²) in [5.74, 6) is 0. The highest BCUT2D eigenvalue weighted by Gasteiger charge is 2.25. The van der Waals surface area contributed by atoms with Crippen molar-refractivity contribution in [2.75, 3.05) is 6.54 Å². The minimum absolute atomic E-state index is 0.0468. The summed E-state index contributed by atoms with van der Waals surface area (Å²) in [5, 5.41) is 10.4. The third-order valence-electron chi connectivity index (χ3n) is 4.56. The van der Waals surface area contributed by atoms with Gasteiger partial charge in [-0.1, -0.05) is 6.07 Å². The number of benzene rings is 1. The Morgan fingerprint density at radius 2 is 2.17 bits per heavy atom. The quantitative estimate of drug-likeness (QED) is 0.914. The number of urea groups is 1. The molecule has 5 heteroatoms. The molecule has 2 N–H and O–H groups in total. The van der Waals surface area contributed by atoms with E-state index in [1.165, 1.54) is 16.8 Å². The summed E-state index contributed by atoms with van der Waals surface area (Å²) in [6.45, 7) is 6.79. The molecule has 23 heavy (non-hydrogen) atoms. The molecule has 1 aliphatic rings. The second-order valence-electron chi connectivity index (χ2n) is 6.18. The van der Waals surface area contributed by atoms with Crippen molar-refractivity contribution >= 4 is 6.03 Å². The Bertz CT molecular complexity index is 720. The second kappa shape index (κ2) is 6.44. The maximum absolute atomic E-state index is 11.8. The fraction of sp³-hybridized carbons (Fsp3) is 0.444. The Kier molecular flexibility index (Phi) is 4.37. The van der Waals surface area contributed by atoms with Crippen LogP contribution in [0.4, 0.5) is 4.79 Å². The SMILES string of the molecule is CCNC(=O)NC1CCCc2c1cnn2-c1ccc(C)c(C)c1. The molecule has 1 aliphatic carbocycles. The molecule has 1 atom stereocenters. The molecule has 0 radical (unpaired) electrons. The Balaban J connectivity index is 1.90. The normalized spacial score (nSPS) is 16.7. The summed E-state index contributed by atoms with van der Waals surface area (Å²) in [6.07, 6.45) is 4.92. The average Bonchev–Trinajstić information content (AvgIpc) is 2.95. The number of aryl methyl sites for hydroxylation is 2. The first-order valence-electron chi connectivity index (χ1n) is 8.29. The van der Waals surface area contributed by atoms with Crippen molar-refractivity contribution in [1.29, 1.82) is 0 Å². The number of rotatable bonds is 3. The summed E-state index contributed by atoms with van der Waals surface area (Å²) in [4.78, 5) is 11.8. The molecule has 0 bridgehead atoms. The van der Waals surface area contributed by atoms with Crippen LogP contribution >= 0.6 is 0 Å². The van der Waals surface area contributed by atoms with E-state index in [9.17, 15) is 4.79 Å². The van der Waals surface area contributed by atoms with Gasteiger partial charge in [-0.05, 0) is 63.3 Å². The number of carbonyl (C=O) groups is 1. The van der Waals surface area contributed by atoms with Gasteiger partial charge in [-0.25, -0.2) is 9.48 Å². The van der Waals surface area contributed by atoms with E-state index in [0.717, 1.165) is 30.5 Å². The van der Waals surface area contributed by atoms with E-state index in [1.807, 2.05) is 17.8 Å². The van der Waals surface area contributed by atoms with Crippen LogP contribution in [0.25, 0.3) is 5.69 Å². The van der Waals surface area contributed by atoms with Gasteiger partial charge in [0.1, 0.15) is 0 Å². The molecule has 0 saturated carbocycles. The fourth-order valence-corrected chi connectivity index (χ4v) is 3.16. The number of fused-ring (bicyclic) bond motifs is 1. The van der Waals surface area contributed by atoms with Crippen LogP contribution in [0, 0.1) is 13.8 Å². The van der Waals surface area contributed by atoms with Gasteiger partial charge in [0.15, 0.2) is 0 Å². The van der Waals surface area contributed by atoms with E-state index in [4.69, 9.17) is 0 Å². The predicted octanol–water partition coefficient (Wildman–Crippen LogP) is 3.19. The molecular weight excluding hydrogens is 288 g/mol. The number of carbonyl (C=O) groups excluding carboxylic acids is 1. The van der Waals surface area contributed by atoms with Gasteiger partial charge >= 0.3 is 6.03 Å². The predicted molar refractivity (Wildman–Crippen MR) is 90.9 cm³/mol. The van der Waals surface area contributed by atoms with Crippen LogP contribution in [0.2, 0.25) is 0 Å². The molecular formula is C18H24N4O. The zero-order valence-corrected chi connectivity index (χ0v) is 14.0. The van der Waals surface area contributed by atoms with Crippen molar-refractivity contribution in [1.82, 2.24) is 20.4 Å². The highest BCUT2D eigenvalue weighted by molar-refractivity contribution is 5.74. The first kappa shape index (κ1) is 15.6. The zero-order valence-electron chi connectivity index (χ0n) is 14.0. The largest absolute Gasteiger partial charge is 0.338 e. The molecule has 2 aromatic rings. The molecule has 1 unspecified atom stereocenters. The standard InChI is InChI=1S/C18H24N4O/c1-4-19-18(23)21-16-6-5-7-17-15(16)11-20-22(17)14-9-8-12(2)13(3)10-14/h8-11,16H,4-7H2,1-3H3,(H2,19,21,23). The van der Waals surface area contributed by atoms with E-state index < -0.39 is 0 Å². The zero-order chi connectivity index (χ0) is 16.4. The lowest BCUT2D eigenvalue weighted by atomic mass is 9.93. The van der Waals surface area contributed by atoms with Gasteiger partial charge in [0.25, 0.3) is 0 Å². The molecule has 5 nitrogen and oxygen atoms in total. The van der Waals surface area contributed by atoms with Crippen LogP contribution in [0.15, 0.2) is 24.4 Å². The van der Waals surface area contributed by atoms with E-state index >= 15 is 0 Å². The number of nitrogens with zero attached hydrogens (tertiary/aromatic N) is 2. The molecule has 0 aliphatic heterocycles. The molecule has 2 amide bonds. The van der Waals surface area contributed by atoms with Crippen molar-refractivity contribution < 1.29 is 4.79 Å². The lowest BCUT2D eigenvalue weighted by Crippen LogP contribution is -2.38. The third kappa shape index (κ3) is 3.09. The summed E-state index contributed by atoms with van der Waals surface area (Å²) in [7, 11) is 0. The third-order valence-corrected chi connectivity index (χ3v) is 4.56. The molecule has 0 spiro atoms. The van der Waals surface area contributed by atoms with Gasteiger partial charge in [-0.3, -0.25) is 0 Å². The molecule has 3 rings (SSSR count). The van der Waals surface area contributed by atoms with Crippen molar-refractivity contribution in [2.24, 2.45) is 0 Å². The number of aromatic nitrogens is 2. The van der Waals surface area contributed by atoms with E-state index in [2.05, 4.69) is 47.8 Å². The van der Waals surface area contributed by atoms with E-state index in [-0.39, 0.29) is 12.1 Å². The van der Waals surface area contributed by atoms with Crippen molar-refractivity contribution in [3.8, 4) is 5.69 Å². The molecule has 1 aromatic heterocycles. The van der Waals surface area contributed by atoms with Crippen LogP contribution in [0.3, 0.4) is 0 Å². The van der Waals surface area contributed by atoms with Crippen molar-refractivity contribution in [2.45, 2.75) is 46.1 Å². The molecule has 122 valence electrons. The number of amides is 2. The Labute approximate surface area is 137 Å². The Morgan fingerprint density at radius 1 is 1.35 bits per heavy atom. The van der Waals surface area contributed by atoms with Crippen LogP contribution < -0.4 is 10.6 Å². The van der Waals surface area contributed by atoms with Crippen molar-refractivity contribution in [3.63, 3.8) is 0 Å². The van der Waals surface area contributed by atoms with Gasteiger partial charge in [0.2, 0.25) is 0 Å². The highest BCUT2D eigenvalue weighted by Crippen LogP contribution is 2.31. The van der Waals surface area contributed by atoms with Gasteiger partial charge < -0.3 is 10.6 Å². The molecule has 1 aromatic carbocycles. The second-order valence-corrected chi connectivity index (χ2v) is 6.18. The van der Waals surface area contributed by atoms with Crippen molar-refractivity contribution in [3.05, 3.63) is 46.8 Å². The van der Waals surface area contributed by atoms with Gasteiger partial charge in [-0.15, -0.1) is 0 Å². The van der Waals surface area contributed by atoms with Gasteiger partial charge in [-0.2, -0.15) is 5.10 Å². The monoisotopic (exact) mass is 312 g/mol. The van der Waals surface area contributed by atoms with Gasteiger partial charge in [0.05, 0.1) is 17.9 Å². The van der Waals surface area contributed by atoms with Crippen LogP contribution in [-0.2, 0) is 6.42 Å². The van der Waals surface area contributed by atoms with Crippen LogP contribution in [-0.4, -0.2) is 22.4 Å². The molecule has 0 fully saturated rings. The Hall–Kier alpha value is -2.30. The summed E-state index contributed by atoms with van der Waals surface area (Å²) < 4.78 is 2.02. The minimum Gasteiger partial charge on any atom is -0.338 e. The average molecular weight is 312 g/mol. The summed E-state index contributed by atoms with van der Waals surface area (Å²) in [6, 6.07) is 6.35. The van der Waals surface area contributed by atoms with Crippen LogP contribution in [0.1, 0.15) is 48.2 Å². The fourth-order valence-electron chi connectivity index (χ4n) is 3.16. The minimum atomic E-state index is -0.107. The first-order valence-corrected chi connectivity index (χ1v) is 8.29. The smallest absolute Gasteiger partial charge is 0.315 e. The van der Waals surface area contributed by atoms with E-state index in [0.29, 0.717) is 6.54 Å². The maximum atomic E-state index is 11.8. The molecule has 1 heterocycles. The summed E-state index contributed by atoms with van der Waals surface area (Å²) in [5.41, 5.74) is 5.99. The number of hydrogen-bond acceptors (Lipinski definition) is 2. The Morgan fingerprint density at radius 3 is 2.91 bits per heavy atom. The lowest BCUT2D eigenvalue weighted by Gasteiger charge is -2.24. The maximum Gasteiger partial charge on any atom is 0.315 e. The van der Waals surface area contributed by atoms with Gasteiger partial charge in [0, 0.05) is 17.8 Å². The lowest BCUT2D eigenvalue weighted by molar-refractivity contribution is 0.236. The molecule has 0 saturated heterocycles. The first-order chi connectivity index (χ1) is 11.1. The number of nitrogens with one attached hydrogen (secondary N) is 2. The number of hydrogen-bond donors (Lipinski definition) is 2. The van der Waals surface area contributed by atoms with E-state index in [1.54, 1.807) is 0 Å². The van der Waals surface area contributed by atoms with Crippen LogP contribution in [0.5, 0.6) is 0 Å². The highest BCUT2D eigenvalue weighted by atomic mass is 16.2. The summed E-state index contributed by atoms with van der Waals surface area (Å²) >= 11 is 0.